The van der Waals surface area contributed by atoms with Gasteiger partial charge in [0.25, 0.3) is 0 Å². The van der Waals surface area contributed by atoms with E-state index in [4.69, 9.17) is 5.73 Å². The smallest absolute Gasteiger partial charge is 0.192 e. The fourth-order valence-electron chi connectivity index (χ4n) is 4.38. The van der Waals surface area contributed by atoms with Gasteiger partial charge in [-0.2, -0.15) is 0 Å². The first kappa shape index (κ1) is 13.2. The van der Waals surface area contributed by atoms with Gasteiger partial charge in [-0.05, 0) is 39.3 Å². The number of guanidine groups is 1. The predicted octanol–water partition coefficient (Wildman–Crippen LogP) is 1.80. The van der Waals surface area contributed by atoms with Crippen molar-refractivity contribution in [1.29, 1.82) is 0 Å². The summed E-state index contributed by atoms with van der Waals surface area (Å²) in [6, 6.07) is 0.639. The van der Waals surface area contributed by atoms with Crippen molar-refractivity contribution in [1.82, 2.24) is 9.80 Å². The molecule has 108 valence electrons. The fraction of sp³-hybridized carbons (Fsp3) is 0.933. The number of nitrogens with two attached hydrogens (primary N) is 1. The Labute approximate surface area is 117 Å². The van der Waals surface area contributed by atoms with Crippen LogP contribution in [0.5, 0.6) is 0 Å². The van der Waals surface area contributed by atoms with E-state index < -0.39 is 0 Å². The van der Waals surface area contributed by atoms with Gasteiger partial charge in [0.1, 0.15) is 0 Å². The molecule has 1 atom stereocenters. The Bertz CT molecular complexity index is 346. The molecule has 0 aromatic rings. The van der Waals surface area contributed by atoms with Crippen LogP contribution in [0.1, 0.15) is 51.4 Å². The monoisotopic (exact) mass is 264 g/mol. The summed E-state index contributed by atoms with van der Waals surface area (Å²) in [5.74, 6) is 0.821. The minimum absolute atomic E-state index is 0.214. The SMILES string of the molecule is CN1CCCC2(CN=C(N)N2C2CCCCCC2)C1. The van der Waals surface area contributed by atoms with Crippen LogP contribution in [-0.2, 0) is 0 Å². The first-order valence-corrected chi connectivity index (χ1v) is 7.99. The van der Waals surface area contributed by atoms with E-state index in [1.165, 1.54) is 57.9 Å². The summed E-state index contributed by atoms with van der Waals surface area (Å²) in [6.45, 7) is 3.27. The van der Waals surface area contributed by atoms with Crippen LogP contribution in [0.25, 0.3) is 0 Å². The topological polar surface area (TPSA) is 44.9 Å². The summed E-state index contributed by atoms with van der Waals surface area (Å²) in [4.78, 5) is 9.62. The summed E-state index contributed by atoms with van der Waals surface area (Å²) in [7, 11) is 2.24. The summed E-state index contributed by atoms with van der Waals surface area (Å²) < 4.78 is 0. The van der Waals surface area contributed by atoms with Crippen molar-refractivity contribution >= 4 is 5.96 Å². The average Bonchev–Trinajstić information content (AvgIpc) is 2.59. The van der Waals surface area contributed by atoms with Crippen molar-refractivity contribution in [3.8, 4) is 0 Å². The lowest BCUT2D eigenvalue weighted by Gasteiger charge is -2.48. The lowest BCUT2D eigenvalue weighted by atomic mass is 9.86. The molecule has 0 amide bonds. The van der Waals surface area contributed by atoms with Crippen molar-refractivity contribution in [2.45, 2.75) is 62.9 Å². The Hall–Kier alpha value is -0.770. The Morgan fingerprint density at radius 3 is 2.58 bits per heavy atom. The van der Waals surface area contributed by atoms with Gasteiger partial charge in [-0.15, -0.1) is 0 Å². The van der Waals surface area contributed by atoms with Crippen LogP contribution in [0.2, 0.25) is 0 Å². The van der Waals surface area contributed by atoms with Crippen LogP contribution in [0.3, 0.4) is 0 Å². The van der Waals surface area contributed by atoms with E-state index in [1.807, 2.05) is 0 Å². The molecule has 4 heteroatoms. The number of likely N-dealkylation sites (N-methyl/N-ethyl adjacent to an activating group) is 1. The van der Waals surface area contributed by atoms with Crippen molar-refractivity contribution < 1.29 is 0 Å². The van der Waals surface area contributed by atoms with E-state index in [-0.39, 0.29) is 5.54 Å². The highest BCUT2D eigenvalue weighted by atomic mass is 15.4. The molecule has 1 spiro atoms. The third-order valence-electron chi connectivity index (χ3n) is 5.23. The van der Waals surface area contributed by atoms with E-state index in [0.717, 1.165) is 19.0 Å². The molecule has 0 radical (unpaired) electrons. The zero-order valence-electron chi connectivity index (χ0n) is 12.3. The van der Waals surface area contributed by atoms with Gasteiger partial charge in [-0.1, -0.05) is 25.7 Å². The van der Waals surface area contributed by atoms with Crippen LogP contribution in [0, 0.1) is 0 Å². The normalized spacial score (nSPS) is 34.6. The predicted molar refractivity (Wildman–Crippen MR) is 79.3 cm³/mol. The number of piperidine rings is 1. The maximum absolute atomic E-state index is 6.27. The van der Waals surface area contributed by atoms with Crippen molar-refractivity contribution in [2.24, 2.45) is 10.7 Å². The van der Waals surface area contributed by atoms with E-state index in [2.05, 4.69) is 21.8 Å². The number of rotatable bonds is 1. The van der Waals surface area contributed by atoms with Gasteiger partial charge >= 0.3 is 0 Å². The maximum Gasteiger partial charge on any atom is 0.192 e. The number of nitrogens with zero attached hydrogens (tertiary/aromatic N) is 3. The number of aliphatic imine (C=N–C) groups is 1. The molecular formula is C15H28N4. The van der Waals surface area contributed by atoms with E-state index >= 15 is 0 Å². The summed E-state index contributed by atoms with van der Waals surface area (Å²) in [6.07, 6.45) is 10.7. The molecule has 2 aliphatic heterocycles. The van der Waals surface area contributed by atoms with Gasteiger partial charge in [-0.25, -0.2) is 0 Å². The summed E-state index contributed by atoms with van der Waals surface area (Å²) in [5.41, 5.74) is 6.48. The van der Waals surface area contributed by atoms with Gasteiger partial charge in [0, 0.05) is 12.6 Å². The second-order valence-electron chi connectivity index (χ2n) is 6.76. The van der Waals surface area contributed by atoms with E-state index in [1.54, 1.807) is 0 Å². The summed E-state index contributed by atoms with van der Waals surface area (Å²) in [5, 5.41) is 0. The van der Waals surface area contributed by atoms with Crippen LogP contribution >= 0.6 is 0 Å². The third kappa shape index (κ3) is 2.47. The molecule has 0 aromatic carbocycles. The van der Waals surface area contributed by atoms with Crippen LogP contribution in [0.4, 0.5) is 0 Å². The van der Waals surface area contributed by atoms with E-state index in [9.17, 15) is 0 Å². The van der Waals surface area contributed by atoms with Gasteiger partial charge in [0.05, 0.1) is 12.1 Å². The molecule has 19 heavy (non-hydrogen) atoms. The molecule has 1 saturated heterocycles. The second kappa shape index (κ2) is 5.31. The molecule has 2 fully saturated rings. The van der Waals surface area contributed by atoms with Crippen molar-refractivity contribution in [3.63, 3.8) is 0 Å². The quantitative estimate of drug-likeness (QED) is 0.735. The van der Waals surface area contributed by atoms with Gasteiger partial charge in [0.15, 0.2) is 5.96 Å². The Balaban J connectivity index is 1.80. The zero-order valence-corrected chi connectivity index (χ0v) is 12.3. The molecular weight excluding hydrogens is 236 g/mol. The van der Waals surface area contributed by atoms with Crippen LogP contribution in [0.15, 0.2) is 4.99 Å². The Morgan fingerprint density at radius 1 is 1.16 bits per heavy atom. The molecule has 3 rings (SSSR count). The molecule has 0 bridgehead atoms. The lowest BCUT2D eigenvalue weighted by Crippen LogP contribution is -2.62. The number of likely N-dealkylation sites (tertiary alicyclic amines) is 1. The minimum atomic E-state index is 0.214. The molecule has 4 nitrogen and oxygen atoms in total. The van der Waals surface area contributed by atoms with Gasteiger partial charge in [0.2, 0.25) is 0 Å². The maximum atomic E-state index is 6.27. The lowest BCUT2D eigenvalue weighted by molar-refractivity contribution is 0.0571. The van der Waals surface area contributed by atoms with Gasteiger partial charge < -0.3 is 15.5 Å². The summed E-state index contributed by atoms with van der Waals surface area (Å²) >= 11 is 0. The first-order valence-electron chi connectivity index (χ1n) is 7.99. The molecule has 1 unspecified atom stereocenters. The minimum Gasteiger partial charge on any atom is -0.370 e. The molecule has 3 aliphatic rings. The highest BCUT2D eigenvalue weighted by Crippen LogP contribution is 2.36. The average molecular weight is 264 g/mol. The molecule has 2 N–H and O–H groups in total. The molecule has 1 saturated carbocycles. The molecule has 0 aromatic heterocycles. The molecule has 2 heterocycles. The van der Waals surface area contributed by atoms with Gasteiger partial charge in [-0.3, -0.25) is 4.99 Å². The van der Waals surface area contributed by atoms with Crippen LogP contribution in [-0.4, -0.2) is 54.0 Å². The highest BCUT2D eigenvalue weighted by molar-refractivity contribution is 5.81. The third-order valence-corrected chi connectivity index (χ3v) is 5.23. The van der Waals surface area contributed by atoms with Crippen molar-refractivity contribution in [2.75, 3.05) is 26.7 Å². The number of hydrogen-bond donors (Lipinski definition) is 1. The fourth-order valence-corrected chi connectivity index (χ4v) is 4.38. The molecule has 1 aliphatic carbocycles. The van der Waals surface area contributed by atoms with E-state index in [0.29, 0.717) is 6.04 Å². The Morgan fingerprint density at radius 2 is 1.89 bits per heavy atom. The Kier molecular flexibility index (Phi) is 3.70. The first-order chi connectivity index (χ1) is 9.21. The number of hydrogen-bond acceptors (Lipinski definition) is 4. The van der Waals surface area contributed by atoms with Crippen molar-refractivity contribution in [3.05, 3.63) is 0 Å². The standard InChI is InChI=1S/C15H28N4/c1-18-10-6-9-15(12-18)11-17-14(16)19(15)13-7-4-2-3-5-8-13/h13H,2-12H2,1H3,(H2,16,17). The zero-order chi connectivity index (χ0) is 13.3. The second-order valence-corrected chi connectivity index (χ2v) is 6.76. The highest BCUT2D eigenvalue weighted by Gasteiger charge is 2.47. The van der Waals surface area contributed by atoms with Crippen LogP contribution < -0.4 is 5.73 Å². The largest absolute Gasteiger partial charge is 0.370 e.